The standard InChI is InChI=1S/C18H26N2O3/c1-3-6-14-7-8-15(16(11-14)22-2)23-12-17(21)20-18(13-19)9-4-5-10-18/h3,6-8,11H,4-5,9-10,12-13,19H2,1-2H3,(H,20,21)/b6-3+. The molecule has 1 aromatic carbocycles. The first-order valence-corrected chi connectivity index (χ1v) is 8.07. The maximum atomic E-state index is 12.2. The van der Waals surface area contributed by atoms with Gasteiger partial charge in [-0.15, -0.1) is 0 Å². The van der Waals surface area contributed by atoms with Gasteiger partial charge in [0, 0.05) is 6.54 Å². The molecule has 126 valence electrons. The number of nitrogens with two attached hydrogens (primary N) is 1. The first-order chi connectivity index (χ1) is 11.1. The molecule has 1 aromatic rings. The molecule has 5 nitrogen and oxygen atoms in total. The summed E-state index contributed by atoms with van der Waals surface area (Å²) in [7, 11) is 1.59. The molecule has 0 spiro atoms. The lowest BCUT2D eigenvalue weighted by atomic mass is 9.98. The fourth-order valence-corrected chi connectivity index (χ4v) is 3.01. The fourth-order valence-electron chi connectivity index (χ4n) is 3.01. The number of methoxy groups -OCH3 is 1. The van der Waals surface area contributed by atoms with Gasteiger partial charge < -0.3 is 20.5 Å². The van der Waals surface area contributed by atoms with Crippen molar-refractivity contribution in [2.75, 3.05) is 20.3 Å². The Morgan fingerprint density at radius 1 is 1.35 bits per heavy atom. The zero-order valence-corrected chi connectivity index (χ0v) is 13.9. The van der Waals surface area contributed by atoms with E-state index in [4.69, 9.17) is 15.2 Å². The van der Waals surface area contributed by atoms with Crippen molar-refractivity contribution in [3.05, 3.63) is 29.8 Å². The van der Waals surface area contributed by atoms with Crippen molar-refractivity contribution in [3.63, 3.8) is 0 Å². The maximum absolute atomic E-state index is 12.2. The maximum Gasteiger partial charge on any atom is 0.258 e. The Hall–Kier alpha value is -2.01. The topological polar surface area (TPSA) is 73.6 Å². The molecule has 0 radical (unpaired) electrons. The summed E-state index contributed by atoms with van der Waals surface area (Å²) in [5, 5.41) is 3.04. The highest BCUT2D eigenvalue weighted by molar-refractivity contribution is 5.78. The summed E-state index contributed by atoms with van der Waals surface area (Å²) >= 11 is 0. The van der Waals surface area contributed by atoms with Gasteiger partial charge in [-0.3, -0.25) is 4.79 Å². The number of hydrogen-bond acceptors (Lipinski definition) is 4. The van der Waals surface area contributed by atoms with E-state index < -0.39 is 0 Å². The number of benzene rings is 1. The number of nitrogens with one attached hydrogen (secondary N) is 1. The van der Waals surface area contributed by atoms with Crippen molar-refractivity contribution in [1.82, 2.24) is 5.32 Å². The number of carbonyl (C=O) groups is 1. The van der Waals surface area contributed by atoms with Gasteiger partial charge in [-0.25, -0.2) is 0 Å². The van der Waals surface area contributed by atoms with Crippen molar-refractivity contribution < 1.29 is 14.3 Å². The van der Waals surface area contributed by atoms with E-state index >= 15 is 0 Å². The minimum atomic E-state index is -0.250. The van der Waals surface area contributed by atoms with Gasteiger partial charge in [0.05, 0.1) is 12.6 Å². The number of hydrogen-bond donors (Lipinski definition) is 2. The number of allylic oxidation sites excluding steroid dienone is 1. The molecule has 2 rings (SSSR count). The number of rotatable bonds is 7. The normalized spacial score (nSPS) is 16.5. The second-order valence-corrected chi connectivity index (χ2v) is 5.94. The van der Waals surface area contributed by atoms with Crippen molar-refractivity contribution in [2.24, 2.45) is 5.73 Å². The second kappa shape index (κ2) is 8.02. The molecule has 1 fully saturated rings. The molecule has 0 aliphatic heterocycles. The number of carbonyl (C=O) groups excluding carboxylic acids is 1. The zero-order chi connectivity index (χ0) is 16.7. The van der Waals surface area contributed by atoms with E-state index in [0.717, 1.165) is 31.2 Å². The molecule has 1 aliphatic rings. The minimum Gasteiger partial charge on any atom is -0.493 e. The quantitative estimate of drug-likeness (QED) is 0.810. The largest absolute Gasteiger partial charge is 0.493 e. The van der Waals surface area contributed by atoms with E-state index in [9.17, 15) is 4.79 Å². The van der Waals surface area contributed by atoms with E-state index in [2.05, 4.69) is 5.32 Å². The molecule has 3 N–H and O–H groups in total. The third-order valence-electron chi connectivity index (χ3n) is 4.26. The molecular formula is C18H26N2O3. The van der Waals surface area contributed by atoms with Crippen LogP contribution in [-0.2, 0) is 4.79 Å². The van der Waals surface area contributed by atoms with E-state index in [1.807, 2.05) is 37.3 Å². The third kappa shape index (κ3) is 4.48. The predicted octanol–water partition coefficient (Wildman–Crippen LogP) is 2.49. The van der Waals surface area contributed by atoms with Gasteiger partial charge in [-0.2, -0.15) is 0 Å². The van der Waals surface area contributed by atoms with E-state index in [0.29, 0.717) is 18.0 Å². The molecule has 5 heteroatoms. The summed E-state index contributed by atoms with van der Waals surface area (Å²) in [4.78, 5) is 12.2. The second-order valence-electron chi connectivity index (χ2n) is 5.94. The monoisotopic (exact) mass is 318 g/mol. The average molecular weight is 318 g/mol. The first kappa shape index (κ1) is 17.3. The highest BCUT2D eigenvalue weighted by atomic mass is 16.5. The van der Waals surface area contributed by atoms with Crippen LogP contribution < -0.4 is 20.5 Å². The molecule has 1 amide bonds. The highest BCUT2D eigenvalue weighted by Crippen LogP contribution is 2.30. The molecule has 0 atom stereocenters. The Morgan fingerprint density at radius 2 is 2.09 bits per heavy atom. The van der Waals surface area contributed by atoms with Gasteiger partial charge in [0.25, 0.3) is 5.91 Å². The molecule has 1 saturated carbocycles. The van der Waals surface area contributed by atoms with Crippen LogP contribution in [0.1, 0.15) is 38.2 Å². The van der Waals surface area contributed by atoms with Gasteiger partial charge in [0.15, 0.2) is 18.1 Å². The van der Waals surface area contributed by atoms with Crippen LogP contribution in [0.15, 0.2) is 24.3 Å². The zero-order valence-electron chi connectivity index (χ0n) is 13.9. The molecule has 0 bridgehead atoms. The summed E-state index contributed by atoms with van der Waals surface area (Å²) < 4.78 is 10.9. The Labute approximate surface area is 137 Å². The Kier molecular flexibility index (Phi) is 6.04. The van der Waals surface area contributed by atoms with Gasteiger partial charge in [0.1, 0.15) is 0 Å². The molecule has 23 heavy (non-hydrogen) atoms. The van der Waals surface area contributed by atoms with Gasteiger partial charge in [-0.05, 0) is 37.5 Å². The van der Waals surface area contributed by atoms with Crippen LogP contribution in [0.25, 0.3) is 6.08 Å². The smallest absolute Gasteiger partial charge is 0.258 e. The van der Waals surface area contributed by atoms with Crippen LogP contribution in [0.3, 0.4) is 0 Å². The van der Waals surface area contributed by atoms with E-state index in [1.54, 1.807) is 7.11 Å². The molecule has 0 saturated heterocycles. The molecule has 0 heterocycles. The number of amides is 1. The van der Waals surface area contributed by atoms with E-state index in [1.165, 1.54) is 0 Å². The minimum absolute atomic E-state index is 0.0406. The van der Waals surface area contributed by atoms with Gasteiger partial charge in [0.2, 0.25) is 0 Å². The van der Waals surface area contributed by atoms with Crippen LogP contribution in [0.4, 0.5) is 0 Å². The summed E-state index contributed by atoms with van der Waals surface area (Å²) in [6.07, 6.45) is 8.03. The van der Waals surface area contributed by atoms with E-state index in [-0.39, 0.29) is 18.1 Å². The number of ether oxygens (including phenoxy) is 2. The van der Waals surface area contributed by atoms with Gasteiger partial charge >= 0.3 is 0 Å². The molecule has 0 unspecified atom stereocenters. The summed E-state index contributed by atoms with van der Waals surface area (Å²) in [5.74, 6) is 1.03. The summed E-state index contributed by atoms with van der Waals surface area (Å²) in [5.41, 5.74) is 6.61. The van der Waals surface area contributed by atoms with Crippen LogP contribution in [0, 0.1) is 0 Å². The average Bonchev–Trinajstić information content (AvgIpc) is 3.02. The van der Waals surface area contributed by atoms with Crippen LogP contribution in [0.2, 0.25) is 0 Å². The first-order valence-electron chi connectivity index (χ1n) is 8.07. The van der Waals surface area contributed by atoms with Crippen LogP contribution >= 0.6 is 0 Å². The SMILES string of the molecule is C/C=C/c1ccc(OCC(=O)NC2(CN)CCCC2)c(OC)c1. The van der Waals surface area contributed by atoms with Crippen molar-refractivity contribution in [3.8, 4) is 11.5 Å². The summed E-state index contributed by atoms with van der Waals surface area (Å²) in [6.45, 7) is 2.39. The molecular weight excluding hydrogens is 292 g/mol. The Bertz CT molecular complexity index is 563. The lowest BCUT2D eigenvalue weighted by molar-refractivity contribution is -0.124. The van der Waals surface area contributed by atoms with Gasteiger partial charge in [-0.1, -0.05) is 31.1 Å². The van der Waals surface area contributed by atoms with Crippen LogP contribution in [-0.4, -0.2) is 31.7 Å². The van der Waals surface area contributed by atoms with Crippen LogP contribution in [0.5, 0.6) is 11.5 Å². The summed E-state index contributed by atoms with van der Waals surface area (Å²) in [6, 6.07) is 5.62. The Balaban J connectivity index is 1.96. The van der Waals surface area contributed by atoms with Crippen molar-refractivity contribution >= 4 is 12.0 Å². The lowest BCUT2D eigenvalue weighted by Gasteiger charge is -2.28. The fraction of sp³-hybridized carbons (Fsp3) is 0.500. The van der Waals surface area contributed by atoms with Crippen molar-refractivity contribution in [2.45, 2.75) is 38.1 Å². The van der Waals surface area contributed by atoms with Crippen molar-refractivity contribution in [1.29, 1.82) is 0 Å². The highest BCUT2D eigenvalue weighted by Gasteiger charge is 2.33. The molecule has 0 aromatic heterocycles. The lowest BCUT2D eigenvalue weighted by Crippen LogP contribution is -2.52. The third-order valence-corrected chi connectivity index (χ3v) is 4.26. The predicted molar refractivity (Wildman–Crippen MR) is 91.6 cm³/mol. The Morgan fingerprint density at radius 3 is 2.70 bits per heavy atom. The molecule has 1 aliphatic carbocycles.